The Morgan fingerprint density at radius 2 is 1.60 bits per heavy atom. The molecule has 0 aliphatic heterocycles. The largest absolute Gasteiger partial charge is 0.463 e. The van der Waals surface area contributed by atoms with Crippen LogP contribution in [0.15, 0.2) is 60.7 Å². The highest BCUT2D eigenvalue weighted by molar-refractivity contribution is 5.93. The Morgan fingerprint density at radius 3 is 2.27 bits per heavy atom. The van der Waals surface area contributed by atoms with E-state index in [2.05, 4.69) is 16.0 Å². The van der Waals surface area contributed by atoms with E-state index < -0.39 is 24.0 Å². The molecule has 0 aliphatic carbocycles. The highest BCUT2D eigenvalue weighted by Crippen LogP contribution is 2.12. The second kappa shape index (κ2) is 17.8. The van der Waals surface area contributed by atoms with E-state index in [0.717, 1.165) is 11.1 Å². The average molecular weight is 553 g/mol. The summed E-state index contributed by atoms with van der Waals surface area (Å²) in [5, 5.41) is 7.92. The molecule has 4 amide bonds. The molecule has 2 rings (SSSR count). The molecule has 1 atom stereocenters. The number of nitrogens with one attached hydrogen (secondary N) is 3. The first-order chi connectivity index (χ1) is 19.3. The van der Waals surface area contributed by atoms with Crippen molar-refractivity contribution in [1.29, 1.82) is 0 Å². The van der Waals surface area contributed by atoms with Crippen molar-refractivity contribution in [2.45, 2.75) is 51.7 Å². The summed E-state index contributed by atoms with van der Waals surface area (Å²) >= 11 is 0. The van der Waals surface area contributed by atoms with E-state index in [1.54, 1.807) is 37.3 Å². The van der Waals surface area contributed by atoms with Gasteiger partial charge in [0.15, 0.2) is 0 Å². The summed E-state index contributed by atoms with van der Waals surface area (Å²) in [6.07, 6.45) is 3.61. The number of hydrogen-bond acceptors (Lipinski definition) is 7. The predicted octanol–water partition coefficient (Wildman–Crippen LogP) is 3.05. The SMILES string of the molecule is CCOC(=O)/C=C/c1ccc(NC(=O)CCC(=O)NCCCC[C@H](NC(=O)OCc2ccccc2)C(N)=O)cc1. The number of nitrogens with two attached hydrogens (primary N) is 1. The lowest BCUT2D eigenvalue weighted by atomic mass is 10.1. The number of amides is 4. The van der Waals surface area contributed by atoms with Gasteiger partial charge in [0.1, 0.15) is 12.6 Å². The third kappa shape index (κ3) is 13.2. The van der Waals surface area contributed by atoms with Crippen molar-refractivity contribution in [2.75, 3.05) is 18.5 Å². The van der Waals surface area contributed by atoms with E-state index in [0.29, 0.717) is 38.1 Å². The molecule has 11 nitrogen and oxygen atoms in total. The van der Waals surface area contributed by atoms with Crippen LogP contribution in [0.3, 0.4) is 0 Å². The molecule has 0 heterocycles. The molecule has 0 aliphatic rings. The molecule has 0 unspecified atom stereocenters. The Balaban J connectivity index is 1.60. The smallest absolute Gasteiger partial charge is 0.408 e. The minimum Gasteiger partial charge on any atom is -0.463 e. The highest BCUT2D eigenvalue weighted by atomic mass is 16.5. The molecule has 0 aromatic heterocycles. The van der Waals surface area contributed by atoms with Crippen molar-refractivity contribution < 1.29 is 33.4 Å². The number of unbranched alkanes of at least 4 members (excludes halogenated alkanes) is 1. The van der Waals surface area contributed by atoms with Crippen molar-refractivity contribution in [3.63, 3.8) is 0 Å². The van der Waals surface area contributed by atoms with Crippen LogP contribution in [0.25, 0.3) is 6.08 Å². The maximum absolute atomic E-state index is 12.2. The lowest BCUT2D eigenvalue weighted by Gasteiger charge is -2.15. The fourth-order valence-electron chi connectivity index (χ4n) is 3.47. The van der Waals surface area contributed by atoms with E-state index in [1.807, 2.05) is 30.3 Å². The van der Waals surface area contributed by atoms with Crippen molar-refractivity contribution in [2.24, 2.45) is 5.73 Å². The second-order valence-electron chi connectivity index (χ2n) is 8.76. The third-order valence-electron chi connectivity index (χ3n) is 5.56. The lowest BCUT2D eigenvalue weighted by Crippen LogP contribution is -2.44. The number of primary amides is 1. The summed E-state index contributed by atoms with van der Waals surface area (Å²) < 4.78 is 9.94. The fraction of sp³-hybridized carbons (Fsp3) is 0.345. The zero-order valence-electron chi connectivity index (χ0n) is 22.5. The highest BCUT2D eigenvalue weighted by Gasteiger charge is 2.18. The van der Waals surface area contributed by atoms with Crippen LogP contribution in [-0.2, 0) is 35.3 Å². The number of anilines is 1. The molecule has 0 bridgehead atoms. The van der Waals surface area contributed by atoms with E-state index in [1.165, 1.54) is 6.08 Å². The van der Waals surface area contributed by atoms with E-state index in [-0.39, 0.29) is 31.3 Å². The van der Waals surface area contributed by atoms with Crippen molar-refractivity contribution in [3.8, 4) is 0 Å². The summed E-state index contributed by atoms with van der Waals surface area (Å²) in [7, 11) is 0. The average Bonchev–Trinajstić information content (AvgIpc) is 2.94. The van der Waals surface area contributed by atoms with Crippen LogP contribution >= 0.6 is 0 Å². The molecule has 40 heavy (non-hydrogen) atoms. The van der Waals surface area contributed by atoms with Crippen LogP contribution in [0.2, 0.25) is 0 Å². The molecule has 0 saturated carbocycles. The third-order valence-corrected chi connectivity index (χ3v) is 5.56. The van der Waals surface area contributed by atoms with Gasteiger partial charge in [0, 0.05) is 31.1 Å². The number of ether oxygens (including phenoxy) is 2. The molecule has 214 valence electrons. The molecule has 11 heteroatoms. The van der Waals surface area contributed by atoms with Gasteiger partial charge in [-0.15, -0.1) is 0 Å². The van der Waals surface area contributed by atoms with Gasteiger partial charge in [0.25, 0.3) is 0 Å². The number of benzene rings is 2. The Hall–Kier alpha value is -4.67. The molecule has 0 spiro atoms. The molecule has 0 fully saturated rings. The van der Waals surface area contributed by atoms with Crippen molar-refractivity contribution in [3.05, 3.63) is 71.8 Å². The van der Waals surface area contributed by atoms with Gasteiger partial charge >= 0.3 is 12.1 Å². The molecule has 5 N–H and O–H groups in total. The number of hydrogen-bond donors (Lipinski definition) is 4. The zero-order valence-corrected chi connectivity index (χ0v) is 22.5. The topological polar surface area (TPSA) is 166 Å². The van der Waals surface area contributed by atoms with Gasteiger partial charge in [0.2, 0.25) is 17.7 Å². The normalized spacial score (nSPS) is 11.3. The molecule has 0 saturated heterocycles. The van der Waals surface area contributed by atoms with Crippen LogP contribution in [0.5, 0.6) is 0 Å². The Kier molecular flexibility index (Phi) is 14.0. The standard InChI is InChI=1S/C29H36N4O7/c1-2-39-27(36)18-13-21-11-14-23(15-12-21)32-26(35)17-16-25(34)31-19-7-6-10-24(28(30)37)33-29(38)40-20-22-8-4-3-5-9-22/h3-5,8-9,11-15,18,24H,2,6-7,10,16-17,19-20H2,1H3,(H2,30,37)(H,31,34)(H,32,35)(H,33,38)/b18-13+/t24-/m0/s1. The first-order valence-corrected chi connectivity index (χ1v) is 13.0. The molecular weight excluding hydrogens is 516 g/mol. The first kappa shape index (κ1) is 31.5. The van der Waals surface area contributed by atoms with Gasteiger partial charge in [-0.05, 0) is 55.5 Å². The van der Waals surface area contributed by atoms with Crippen molar-refractivity contribution in [1.82, 2.24) is 10.6 Å². The maximum Gasteiger partial charge on any atom is 0.408 e. The van der Waals surface area contributed by atoms with Crippen LogP contribution in [0, 0.1) is 0 Å². The summed E-state index contributed by atoms with van der Waals surface area (Å²) in [4.78, 5) is 59.3. The zero-order chi connectivity index (χ0) is 29.2. The summed E-state index contributed by atoms with van der Waals surface area (Å²) in [5.41, 5.74) is 7.54. The maximum atomic E-state index is 12.2. The van der Waals surface area contributed by atoms with E-state index in [4.69, 9.17) is 15.2 Å². The van der Waals surface area contributed by atoms with E-state index >= 15 is 0 Å². The quantitative estimate of drug-likeness (QED) is 0.141. The minimum absolute atomic E-state index is 0.00904. The number of esters is 1. The summed E-state index contributed by atoms with van der Waals surface area (Å²) in [6.45, 7) is 2.46. The monoisotopic (exact) mass is 552 g/mol. The van der Waals surface area contributed by atoms with E-state index in [9.17, 15) is 24.0 Å². The van der Waals surface area contributed by atoms with Crippen LogP contribution in [-0.4, -0.2) is 49.0 Å². The minimum atomic E-state index is -0.884. The van der Waals surface area contributed by atoms with Gasteiger partial charge in [0.05, 0.1) is 6.61 Å². The van der Waals surface area contributed by atoms with Gasteiger partial charge in [-0.3, -0.25) is 14.4 Å². The number of rotatable bonds is 16. The molecule has 0 radical (unpaired) electrons. The van der Waals surface area contributed by atoms with Crippen LogP contribution in [0.4, 0.5) is 10.5 Å². The predicted molar refractivity (Wildman–Crippen MR) is 150 cm³/mol. The van der Waals surface area contributed by atoms with Gasteiger partial charge in [-0.1, -0.05) is 42.5 Å². The fourth-order valence-corrected chi connectivity index (χ4v) is 3.47. The number of alkyl carbamates (subject to hydrolysis) is 1. The molecule has 2 aromatic carbocycles. The van der Waals surface area contributed by atoms with Gasteiger partial charge in [-0.2, -0.15) is 0 Å². The Bertz CT molecular complexity index is 1150. The Labute approximate surface area is 233 Å². The molecule has 2 aromatic rings. The van der Waals surface area contributed by atoms with Gasteiger partial charge < -0.3 is 31.2 Å². The first-order valence-electron chi connectivity index (χ1n) is 13.0. The number of carbonyl (C=O) groups is 5. The second-order valence-corrected chi connectivity index (χ2v) is 8.76. The van der Waals surface area contributed by atoms with Crippen LogP contribution in [0.1, 0.15) is 50.2 Å². The molecular formula is C29H36N4O7. The summed E-state index contributed by atoms with van der Waals surface area (Å²) in [5.74, 6) is -1.68. The Morgan fingerprint density at radius 1 is 0.900 bits per heavy atom. The summed E-state index contributed by atoms with van der Waals surface area (Å²) in [6, 6.07) is 15.1. The van der Waals surface area contributed by atoms with Crippen molar-refractivity contribution >= 4 is 41.5 Å². The number of carbonyl (C=O) groups excluding carboxylic acids is 5. The van der Waals surface area contributed by atoms with Crippen LogP contribution < -0.4 is 21.7 Å². The van der Waals surface area contributed by atoms with Gasteiger partial charge in [-0.25, -0.2) is 9.59 Å². The lowest BCUT2D eigenvalue weighted by molar-refractivity contribution is -0.137.